The molecule has 0 atom stereocenters. The molecule has 0 bridgehead atoms. The molecule has 44 valence electrons. The Bertz CT molecular complexity index is 167. The number of benzene rings is 1. The quantitative estimate of drug-likeness (QED) is 0.547. The van der Waals surface area contributed by atoms with E-state index >= 15 is 0 Å². The maximum absolute atomic E-state index is 5.58. The average molecular weight is 187 g/mol. The molecule has 0 saturated heterocycles. The van der Waals surface area contributed by atoms with Crippen LogP contribution < -0.4 is 0 Å². The molecule has 0 radical (unpaired) electrons. The Kier molecular flexibility index (Phi) is 5.95. The van der Waals surface area contributed by atoms with Gasteiger partial charge >= 0.3 is 51.4 Å². The van der Waals surface area contributed by atoms with E-state index in [0.717, 1.165) is 0 Å². The Balaban J connectivity index is 0.000000640. The summed E-state index contributed by atoms with van der Waals surface area (Å²) in [4.78, 5) is 0. The Morgan fingerprint density at radius 2 is 1.22 bits per heavy atom. The summed E-state index contributed by atoms with van der Waals surface area (Å²) in [6.45, 7) is 0. The van der Waals surface area contributed by atoms with E-state index < -0.39 is 0 Å². The molecule has 0 fully saturated rings. The SMILES string of the molecule is Clc1ccccc1Cl.[KH]. The summed E-state index contributed by atoms with van der Waals surface area (Å²) in [6, 6.07) is 7.19. The second-order valence-electron chi connectivity index (χ2n) is 1.41. The van der Waals surface area contributed by atoms with Crippen LogP contribution in [0.15, 0.2) is 24.3 Å². The standard InChI is InChI=1S/C6H4Cl2.K.H/c7-5-3-1-2-4-6(5)8;;/h1-4H;;. The summed E-state index contributed by atoms with van der Waals surface area (Å²) in [5.41, 5.74) is 0. The zero-order valence-corrected chi connectivity index (χ0v) is 5.58. The van der Waals surface area contributed by atoms with Crippen molar-refractivity contribution in [2.24, 2.45) is 0 Å². The topological polar surface area (TPSA) is 0 Å². The number of rotatable bonds is 0. The first-order valence-electron chi connectivity index (χ1n) is 2.21. The molecule has 1 aromatic carbocycles. The van der Waals surface area contributed by atoms with Gasteiger partial charge in [-0.15, -0.1) is 0 Å². The van der Waals surface area contributed by atoms with Crippen LogP contribution in [0.5, 0.6) is 0 Å². The van der Waals surface area contributed by atoms with Gasteiger partial charge in [0.1, 0.15) is 0 Å². The van der Waals surface area contributed by atoms with E-state index in [1.165, 1.54) is 0 Å². The van der Waals surface area contributed by atoms with Gasteiger partial charge in [-0.2, -0.15) is 0 Å². The van der Waals surface area contributed by atoms with E-state index in [9.17, 15) is 0 Å². The van der Waals surface area contributed by atoms with Crippen LogP contribution in [0.25, 0.3) is 0 Å². The van der Waals surface area contributed by atoms with E-state index in [1.54, 1.807) is 12.1 Å². The van der Waals surface area contributed by atoms with Crippen molar-refractivity contribution in [1.29, 1.82) is 0 Å². The van der Waals surface area contributed by atoms with Crippen molar-refractivity contribution in [3.63, 3.8) is 0 Å². The van der Waals surface area contributed by atoms with Crippen molar-refractivity contribution < 1.29 is 0 Å². The van der Waals surface area contributed by atoms with E-state index in [4.69, 9.17) is 23.2 Å². The van der Waals surface area contributed by atoms with Crippen LogP contribution in [0.4, 0.5) is 0 Å². The Labute approximate surface area is 107 Å². The fourth-order valence-electron chi connectivity index (χ4n) is 0.439. The van der Waals surface area contributed by atoms with Crippen molar-refractivity contribution >= 4 is 74.6 Å². The average Bonchev–Trinajstić information content (AvgIpc) is 1.77. The van der Waals surface area contributed by atoms with Crippen molar-refractivity contribution in [3.05, 3.63) is 34.3 Å². The molecule has 1 rings (SSSR count). The number of halogens is 2. The van der Waals surface area contributed by atoms with Crippen LogP contribution in [-0.4, -0.2) is 51.4 Å². The van der Waals surface area contributed by atoms with Gasteiger partial charge in [0.15, 0.2) is 0 Å². The van der Waals surface area contributed by atoms with Crippen molar-refractivity contribution in [2.75, 3.05) is 0 Å². The zero-order chi connectivity index (χ0) is 5.98. The third kappa shape index (κ3) is 3.37. The molecule has 0 aliphatic carbocycles. The first-order chi connectivity index (χ1) is 3.80. The summed E-state index contributed by atoms with van der Waals surface area (Å²) in [6.07, 6.45) is 0. The van der Waals surface area contributed by atoms with Gasteiger partial charge in [0.25, 0.3) is 0 Å². The third-order valence-electron chi connectivity index (χ3n) is 0.824. The molecule has 0 aromatic heterocycles. The van der Waals surface area contributed by atoms with Gasteiger partial charge in [0.05, 0.1) is 10.0 Å². The molecule has 0 N–H and O–H groups in total. The second-order valence-corrected chi connectivity index (χ2v) is 2.23. The zero-order valence-electron chi connectivity index (χ0n) is 4.07. The van der Waals surface area contributed by atoms with Crippen LogP contribution in [-0.2, 0) is 0 Å². The minimum absolute atomic E-state index is 0. The van der Waals surface area contributed by atoms with Gasteiger partial charge in [-0.25, -0.2) is 0 Å². The van der Waals surface area contributed by atoms with Gasteiger partial charge in [0.2, 0.25) is 0 Å². The Morgan fingerprint density at radius 1 is 0.889 bits per heavy atom. The van der Waals surface area contributed by atoms with Crippen molar-refractivity contribution in [3.8, 4) is 0 Å². The van der Waals surface area contributed by atoms with Crippen LogP contribution >= 0.6 is 23.2 Å². The van der Waals surface area contributed by atoms with E-state index in [2.05, 4.69) is 0 Å². The molecule has 0 unspecified atom stereocenters. The molecule has 0 aliphatic heterocycles. The predicted octanol–water partition coefficient (Wildman–Crippen LogP) is 2.34. The van der Waals surface area contributed by atoms with Gasteiger partial charge in [-0.1, -0.05) is 35.3 Å². The predicted molar refractivity (Wildman–Crippen MR) is 43.6 cm³/mol. The fraction of sp³-hybridized carbons (Fsp3) is 0. The van der Waals surface area contributed by atoms with Crippen LogP contribution in [0, 0.1) is 0 Å². The summed E-state index contributed by atoms with van der Waals surface area (Å²) < 4.78 is 0. The second kappa shape index (κ2) is 5.13. The van der Waals surface area contributed by atoms with Crippen LogP contribution in [0.1, 0.15) is 0 Å². The van der Waals surface area contributed by atoms with Gasteiger partial charge in [-0.3, -0.25) is 0 Å². The molecular formula is C6H5Cl2K. The first kappa shape index (κ1) is 10.4. The molecule has 0 spiro atoms. The fourth-order valence-corrected chi connectivity index (χ4v) is 0.711. The normalized spacial score (nSPS) is 8.22. The van der Waals surface area contributed by atoms with Crippen LogP contribution in [0.3, 0.4) is 0 Å². The van der Waals surface area contributed by atoms with E-state index in [-0.39, 0.29) is 51.4 Å². The molecule has 0 saturated carbocycles. The van der Waals surface area contributed by atoms with E-state index in [1.807, 2.05) is 12.1 Å². The molecule has 1 aromatic rings. The molecule has 0 amide bonds. The molecule has 3 heteroatoms. The van der Waals surface area contributed by atoms with Crippen molar-refractivity contribution in [1.82, 2.24) is 0 Å². The first-order valence-corrected chi connectivity index (χ1v) is 2.96. The molecule has 0 nitrogen and oxygen atoms in total. The molecule has 9 heavy (non-hydrogen) atoms. The minimum atomic E-state index is 0. The van der Waals surface area contributed by atoms with Crippen LogP contribution in [0.2, 0.25) is 10.0 Å². The van der Waals surface area contributed by atoms with Gasteiger partial charge in [-0.05, 0) is 12.1 Å². The maximum atomic E-state index is 5.58. The van der Waals surface area contributed by atoms with Gasteiger partial charge < -0.3 is 0 Å². The number of hydrogen-bond donors (Lipinski definition) is 0. The summed E-state index contributed by atoms with van der Waals surface area (Å²) in [5, 5.41) is 1.21. The number of hydrogen-bond acceptors (Lipinski definition) is 0. The monoisotopic (exact) mass is 186 g/mol. The summed E-state index contributed by atoms with van der Waals surface area (Å²) in [5.74, 6) is 0. The third-order valence-corrected chi connectivity index (χ3v) is 1.58. The molecule has 0 heterocycles. The molecular weight excluding hydrogens is 182 g/mol. The summed E-state index contributed by atoms with van der Waals surface area (Å²) >= 11 is 11.2. The molecule has 0 aliphatic rings. The van der Waals surface area contributed by atoms with Gasteiger partial charge in [0, 0.05) is 0 Å². The van der Waals surface area contributed by atoms with E-state index in [0.29, 0.717) is 10.0 Å². The van der Waals surface area contributed by atoms with Crippen molar-refractivity contribution in [2.45, 2.75) is 0 Å². The Hall–Kier alpha value is 1.44. The summed E-state index contributed by atoms with van der Waals surface area (Å²) in [7, 11) is 0. The Morgan fingerprint density at radius 3 is 1.44 bits per heavy atom.